The molecule has 0 aliphatic rings. The zero-order valence-corrected chi connectivity index (χ0v) is 15.3. The molecule has 6 heteroatoms. The number of halogens is 1. The van der Waals surface area contributed by atoms with Crippen LogP contribution in [-0.2, 0) is 0 Å². The molecule has 0 aliphatic carbocycles. The van der Waals surface area contributed by atoms with Crippen molar-refractivity contribution in [2.45, 2.75) is 0 Å². The quantitative estimate of drug-likeness (QED) is 0.596. The molecule has 0 spiro atoms. The van der Waals surface area contributed by atoms with Crippen LogP contribution in [0.5, 0.6) is 5.75 Å². The van der Waals surface area contributed by atoms with Gasteiger partial charge in [-0.1, -0.05) is 48.0 Å². The lowest BCUT2D eigenvalue weighted by atomic mass is 10.0. The van der Waals surface area contributed by atoms with Crippen molar-refractivity contribution in [3.63, 3.8) is 0 Å². The molecule has 2 amide bonds. The van der Waals surface area contributed by atoms with Gasteiger partial charge in [0, 0.05) is 27.9 Å². The summed E-state index contributed by atoms with van der Waals surface area (Å²) in [4.78, 5) is 25.2. The van der Waals surface area contributed by atoms with Crippen LogP contribution in [0.4, 0.5) is 16.2 Å². The van der Waals surface area contributed by atoms with Crippen LogP contribution in [0.1, 0.15) is 15.9 Å². The number of ketones is 1. The van der Waals surface area contributed by atoms with E-state index < -0.39 is 6.03 Å². The lowest BCUT2D eigenvalue weighted by Crippen LogP contribution is -2.21. The van der Waals surface area contributed by atoms with E-state index in [4.69, 9.17) is 16.3 Å². The molecule has 0 heterocycles. The third kappa shape index (κ3) is 4.65. The van der Waals surface area contributed by atoms with Crippen molar-refractivity contribution in [1.29, 1.82) is 0 Å². The number of rotatable bonds is 5. The Bertz CT molecular complexity index is 974. The topological polar surface area (TPSA) is 67.4 Å². The average molecular weight is 381 g/mol. The van der Waals surface area contributed by atoms with E-state index in [1.54, 1.807) is 67.8 Å². The first-order chi connectivity index (χ1) is 13.1. The first-order valence-corrected chi connectivity index (χ1v) is 8.56. The second-order valence-electron chi connectivity index (χ2n) is 5.70. The van der Waals surface area contributed by atoms with Gasteiger partial charge in [-0.05, 0) is 30.3 Å². The lowest BCUT2D eigenvalue weighted by molar-refractivity contribution is 0.103. The third-order valence-electron chi connectivity index (χ3n) is 3.84. The van der Waals surface area contributed by atoms with Crippen LogP contribution < -0.4 is 15.4 Å². The summed E-state index contributed by atoms with van der Waals surface area (Å²) in [6.07, 6.45) is 0. The SMILES string of the molecule is COc1cccc(NC(=O)Nc2ccc(Cl)cc2C(=O)c2ccccc2)c1. The van der Waals surface area contributed by atoms with Crippen LogP contribution in [-0.4, -0.2) is 18.9 Å². The summed E-state index contributed by atoms with van der Waals surface area (Å²) in [5.74, 6) is 0.397. The van der Waals surface area contributed by atoms with Crippen molar-refractivity contribution < 1.29 is 14.3 Å². The van der Waals surface area contributed by atoms with Crippen LogP contribution in [0.2, 0.25) is 5.02 Å². The fourth-order valence-electron chi connectivity index (χ4n) is 2.54. The summed E-state index contributed by atoms with van der Waals surface area (Å²) in [6.45, 7) is 0. The van der Waals surface area contributed by atoms with Gasteiger partial charge in [-0.3, -0.25) is 4.79 Å². The molecule has 2 N–H and O–H groups in total. The minimum Gasteiger partial charge on any atom is -0.497 e. The molecule has 0 saturated heterocycles. The van der Waals surface area contributed by atoms with Gasteiger partial charge in [0.15, 0.2) is 5.78 Å². The monoisotopic (exact) mass is 380 g/mol. The Morgan fingerprint density at radius 1 is 0.889 bits per heavy atom. The highest BCUT2D eigenvalue weighted by molar-refractivity contribution is 6.31. The molecular formula is C21H17ClN2O3. The molecule has 3 aromatic rings. The minimum absolute atomic E-state index is 0.227. The van der Waals surface area contributed by atoms with Crippen molar-refractivity contribution in [1.82, 2.24) is 0 Å². The molecule has 0 radical (unpaired) electrons. The Morgan fingerprint density at radius 2 is 1.67 bits per heavy atom. The maximum atomic E-state index is 12.8. The van der Waals surface area contributed by atoms with Crippen LogP contribution in [0.15, 0.2) is 72.8 Å². The second-order valence-corrected chi connectivity index (χ2v) is 6.13. The second kappa shape index (κ2) is 8.38. The van der Waals surface area contributed by atoms with Crippen LogP contribution in [0.25, 0.3) is 0 Å². The van der Waals surface area contributed by atoms with Gasteiger partial charge in [0.1, 0.15) is 5.75 Å². The first kappa shape index (κ1) is 18.5. The van der Waals surface area contributed by atoms with Crippen molar-refractivity contribution in [2.24, 2.45) is 0 Å². The number of hydrogen-bond acceptors (Lipinski definition) is 3. The minimum atomic E-state index is -0.479. The first-order valence-electron chi connectivity index (χ1n) is 8.18. The zero-order valence-electron chi connectivity index (χ0n) is 14.5. The molecule has 136 valence electrons. The predicted molar refractivity (Wildman–Crippen MR) is 107 cm³/mol. The van der Waals surface area contributed by atoms with E-state index in [1.807, 2.05) is 6.07 Å². The van der Waals surface area contributed by atoms with Gasteiger partial charge in [-0.15, -0.1) is 0 Å². The fourth-order valence-corrected chi connectivity index (χ4v) is 2.72. The average Bonchev–Trinajstić information content (AvgIpc) is 2.69. The highest BCUT2D eigenvalue weighted by Gasteiger charge is 2.16. The number of ether oxygens (including phenoxy) is 1. The van der Waals surface area contributed by atoms with E-state index in [0.29, 0.717) is 33.3 Å². The third-order valence-corrected chi connectivity index (χ3v) is 4.07. The smallest absolute Gasteiger partial charge is 0.323 e. The summed E-state index contributed by atoms with van der Waals surface area (Å²) < 4.78 is 5.14. The van der Waals surface area contributed by atoms with E-state index >= 15 is 0 Å². The Hall–Kier alpha value is -3.31. The van der Waals surface area contributed by atoms with Crippen LogP contribution in [0, 0.1) is 0 Å². The predicted octanol–water partition coefficient (Wildman–Crippen LogP) is 5.22. The van der Waals surface area contributed by atoms with Crippen molar-refractivity contribution in [2.75, 3.05) is 17.7 Å². The van der Waals surface area contributed by atoms with Crippen molar-refractivity contribution >= 4 is 34.8 Å². The Labute approximate surface area is 161 Å². The molecule has 0 bridgehead atoms. The van der Waals surface area contributed by atoms with Crippen molar-refractivity contribution in [3.05, 3.63) is 88.9 Å². The van der Waals surface area contributed by atoms with Gasteiger partial charge >= 0.3 is 6.03 Å². The zero-order chi connectivity index (χ0) is 19.2. The highest BCUT2D eigenvalue weighted by atomic mass is 35.5. The number of anilines is 2. The van der Waals surface area contributed by atoms with Gasteiger partial charge < -0.3 is 15.4 Å². The Morgan fingerprint density at radius 3 is 2.41 bits per heavy atom. The molecule has 27 heavy (non-hydrogen) atoms. The fraction of sp³-hybridized carbons (Fsp3) is 0.0476. The molecule has 0 saturated carbocycles. The molecule has 0 unspecified atom stereocenters. The summed E-state index contributed by atoms with van der Waals surface area (Å²) in [7, 11) is 1.55. The molecule has 0 fully saturated rings. The van der Waals surface area contributed by atoms with Gasteiger partial charge in [0.25, 0.3) is 0 Å². The molecule has 0 aliphatic heterocycles. The van der Waals surface area contributed by atoms with Crippen molar-refractivity contribution in [3.8, 4) is 5.75 Å². The number of benzene rings is 3. The number of methoxy groups -OCH3 is 1. The maximum Gasteiger partial charge on any atom is 0.323 e. The summed E-state index contributed by atoms with van der Waals surface area (Å²) in [5.41, 5.74) is 1.76. The number of carbonyl (C=O) groups excluding carboxylic acids is 2. The Kier molecular flexibility index (Phi) is 5.74. The number of hydrogen-bond donors (Lipinski definition) is 2. The molecule has 3 aromatic carbocycles. The standard InChI is InChI=1S/C21H17ClN2O3/c1-27-17-9-5-8-16(13-17)23-21(26)24-19-11-10-15(22)12-18(19)20(25)14-6-3-2-4-7-14/h2-13H,1H3,(H2,23,24,26). The van der Waals surface area contributed by atoms with Gasteiger partial charge in [-0.25, -0.2) is 4.79 Å². The van der Waals surface area contributed by atoms with E-state index in [0.717, 1.165) is 0 Å². The maximum absolute atomic E-state index is 12.8. The Balaban J connectivity index is 1.82. The normalized spacial score (nSPS) is 10.1. The van der Waals surface area contributed by atoms with Crippen LogP contribution in [0.3, 0.4) is 0 Å². The van der Waals surface area contributed by atoms with Gasteiger partial charge in [0.05, 0.1) is 12.8 Å². The van der Waals surface area contributed by atoms with Crippen LogP contribution >= 0.6 is 11.6 Å². The molecule has 5 nitrogen and oxygen atoms in total. The number of nitrogens with one attached hydrogen (secondary N) is 2. The van der Waals surface area contributed by atoms with E-state index in [2.05, 4.69) is 10.6 Å². The van der Waals surface area contributed by atoms with Gasteiger partial charge in [-0.2, -0.15) is 0 Å². The summed E-state index contributed by atoms with van der Waals surface area (Å²) >= 11 is 6.05. The highest BCUT2D eigenvalue weighted by Crippen LogP contribution is 2.24. The largest absolute Gasteiger partial charge is 0.497 e. The van der Waals surface area contributed by atoms with E-state index in [9.17, 15) is 9.59 Å². The number of carbonyl (C=O) groups is 2. The lowest BCUT2D eigenvalue weighted by Gasteiger charge is -2.12. The molecule has 0 aromatic heterocycles. The summed E-state index contributed by atoms with van der Waals surface area (Å²) in [5, 5.41) is 5.83. The summed E-state index contributed by atoms with van der Waals surface area (Å²) in [6, 6.07) is 20.1. The van der Waals surface area contributed by atoms with E-state index in [1.165, 1.54) is 6.07 Å². The molecule has 3 rings (SSSR count). The number of urea groups is 1. The number of amides is 2. The molecule has 0 atom stereocenters. The van der Waals surface area contributed by atoms with E-state index in [-0.39, 0.29) is 5.78 Å². The van der Waals surface area contributed by atoms with Gasteiger partial charge in [0.2, 0.25) is 0 Å². The molecular weight excluding hydrogens is 364 g/mol.